The molecule has 0 radical (unpaired) electrons. The van der Waals surface area contributed by atoms with Crippen LogP contribution in [0, 0.1) is 0 Å². The normalized spacial score (nSPS) is 18.4. The first-order chi connectivity index (χ1) is 15.0. The summed E-state index contributed by atoms with van der Waals surface area (Å²) in [6.07, 6.45) is 5.63. The number of hydrogen-bond donors (Lipinski definition) is 1. The molecule has 0 unspecified atom stereocenters. The Balaban J connectivity index is 1.40. The molecule has 9 heteroatoms. The number of nitrogens with one attached hydrogen (secondary N) is 1. The van der Waals surface area contributed by atoms with Gasteiger partial charge in [0.2, 0.25) is 10.0 Å². The number of pyridine rings is 1. The Labute approximate surface area is 183 Å². The summed E-state index contributed by atoms with van der Waals surface area (Å²) in [6, 6.07) is 9.78. The highest BCUT2D eigenvalue weighted by molar-refractivity contribution is 7.89. The van der Waals surface area contributed by atoms with Crippen molar-refractivity contribution in [2.75, 3.05) is 49.6 Å². The molecule has 0 spiro atoms. The summed E-state index contributed by atoms with van der Waals surface area (Å²) in [5.41, 5.74) is 1.37. The van der Waals surface area contributed by atoms with Crippen molar-refractivity contribution in [1.29, 1.82) is 0 Å². The molecule has 8 nitrogen and oxygen atoms in total. The summed E-state index contributed by atoms with van der Waals surface area (Å²) < 4.78 is 32.7. The average molecular weight is 445 g/mol. The molecule has 2 aromatic rings. The SMILES string of the molecule is O=C(Nc1ccc(N2CCOCC2)cn1)c1ccc(S(=O)(=O)N2CCCCCC2)cc1. The summed E-state index contributed by atoms with van der Waals surface area (Å²) in [5, 5.41) is 2.77. The molecule has 2 aliphatic heterocycles. The highest BCUT2D eigenvalue weighted by Crippen LogP contribution is 2.21. The van der Waals surface area contributed by atoms with E-state index in [9.17, 15) is 13.2 Å². The number of sulfonamides is 1. The molecule has 0 saturated carbocycles. The number of nitrogens with zero attached hydrogens (tertiary/aromatic N) is 3. The molecule has 0 bridgehead atoms. The number of aromatic nitrogens is 1. The minimum Gasteiger partial charge on any atom is -0.378 e. The van der Waals surface area contributed by atoms with E-state index < -0.39 is 10.0 Å². The van der Waals surface area contributed by atoms with Crippen molar-refractivity contribution in [2.24, 2.45) is 0 Å². The minimum atomic E-state index is -3.53. The number of rotatable bonds is 5. The molecule has 31 heavy (non-hydrogen) atoms. The van der Waals surface area contributed by atoms with Crippen molar-refractivity contribution in [3.8, 4) is 0 Å². The van der Waals surface area contributed by atoms with Gasteiger partial charge in [0, 0.05) is 31.7 Å². The summed E-state index contributed by atoms with van der Waals surface area (Å²) in [6.45, 7) is 4.14. The molecular weight excluding hydrogens is 416 g/mol. The third-order valence-corrected chi connectivity index (χ3v) is 7.60. The van der Waals surface area contributed by atoms with Crippen LogP contribution in [0.2, 0.25) is 0 Å². The van der Waals surface area contributed by atoms with Crippen LogP contribution in [0.15, 0.2) is 47.5 Å². The molecule has 4 rings (SSSR count). The van der Waals surface area contributed by atoms with E-state index in [1.54, 1.807) is 28.7 Å². The molecule has 1 amide bonds. The Morgan fingerprint density at radius 3 is 2.19 bits per heavy atom. The van der Waals surface area contributed by atoms with Gasteiger partial charge in [-0.2, -0.15) is 4.31 Å². The molecule has 1 N–H and O–H groups in total. The summed E-state index contributed by atoms with van der Waals surface area (Å²) in [7, 11) is -3.53. The predicted octanol–water partition coefficient (Wildman–Crippen LogP) is 2.74. The average Bonchev–Trinajstić information content (AvgIpc) is 3.11. The van der Waals surface area contributed by atoms with Crippen LogP contribution in [0.25, 0.3) is 0 Å². The van der Waals surface area contributed by atoms with E-state index in [-0.39, 0.29) is 10.8 Å². The fraction of sp³-hybridized carbons (Fsp3) is 0.455. The molecule has 3 heterocycles. The second kappa shape index (κ2) is 9.76. The molecule has 2 fully saturated rings. The number of benzene rings is 1. The number of anilines is 2. The van der Waals surface area contributed by atoms with Gasteiger partial charge in [-0.15, -0.1) is 0 Å². The van der Waals surface area contributed by atoms with Crippen molar-refractivity contribution >= 4 is 27.4 Å². The van der Waals surface area contributed by atoms with Gasteiger partial charge in [-0.25, -0.2) is 13.4 Å². The first-order valence-electron chi connectivity index (χ1n) is 10.7. The monoisotopic (exact) mass is 444 g/mol. The lowest BCUT2D eigenvalue weighted by molar-refractivity contribution is 0.102. The number of amides is 1. The molecule has 2 aliphatic rings. The first kappa shape index (κ1) is 21.7. The lowest BCUT2D eigenvalue weighted by Gasteiger charge is -2.28. The second-order valence-corrected chi connectivity index (χ2v) is 9.74. The largest absolute Gasteiger partial charge is 0.378 e. The predicted molar refractivity (Wildman–Crippen MR) is 119 cm³/mol. The van der Waals surface area contributed by atoms with Crippen molar-refractivity contribution < 1.29 is 17.9 Å². The zero-order chi connectivity index (χ0) is 21.7. The molecule has 0 atom stereocenters. The molecule has 1 aromatic carbocycles. The van der Waals surface area contributed by atoms with Gasteiger partial charge in [0.1, 0.15) is 5.82 Å². The van der Waals surface area contributed by atoms with E-state index in [1.807, 2.05) is 6.07 Å². The van der Waals surface area contributed by atoms with Crippen LogP contribution >= 0.6 is 0 Å². The van der Waals surface area contributed by atoms with Gasteiger partial charge < -0.3 is 15.0 Å². The highest BCUT2D eigenvalue weighted by Gasteiger charge is 2.25. The number of morpholine rings is 1. The third kappa shape index (κ3) is 5.23. The topological polar surface area (TPSA) is 91.8 Å². The van der Waals surface area contributed by atoms with Gasteiger partial charge in [0.25, 0.3) is 5.91 Å². The fourth-order valence-electron chi connectivity index (χ4n) is 3.87. The molecule has 1 aromatic heterocycles. The van der Waals surface area contributed by atoms with Crippen LogP contribution in [0.5, 0.6) is 0 Å². The van der Waals surface area contributed by atoms with E-state index >= 15 is 0 Å². The molecule has 0 aliphatic carbocycles. The van der Waals surface area contributed by atoms with Crippen molar-refractivity contribution in [1.82, 2.24) is 9.29 Å². The first-order valence-corrected chi connectivity index (χ1v) is 12.2. The molecule has 2 saturated heterocycles. The van der Waals surface area contributed by atoms with Gasteiger partial charge >= 0.3 is 0 Å². The molecule has 166 valence electrons. The zero-order valence-electron chi connectivity index (χ0n) is 17.5. The van der Waals surface area contributed by atoms with Crippen molar-refractivity contribution in [2.45, 2.75) is 30.6 Å². The van der Waals surface area contributed by atoms with Crippen molar-refractivity contribution in [3.05, 3.63) is 48.2 Å². The fourth-order valence-corrected chi connectivity index (χ4v) is 5.38. The highest BCUT2D eigenvalue weighted by atomic mass is 32.2. The Morgan fingerprint density at radius 2 is 1.58 bits per heavy atom. The van der Waals surface area contributed by atoms with Gasteiger partial charge in [0.05, 0.1) is 30.0 Å². The van der Waals surface area contributed by atoms with E-state index in [2.05, 4.69) is 15.2 Å². The standard InChI is InChI=1S/C22H28N4O4S/c27-22(24-21-10-7-19(17-23-21)25-13-15-30-16-14-25)18-5-8-20(9-6-18)31(28,29)26-11-3-1-2-4-12-26/h5-10,17H,1-4,11-16H2,(H,23,24,27). The zero-order valence-corrected chi connectivity index (χ0v) is 18.3. The maximum absolute atomic E-state index is 12.9. The number of carbonyl (C=O) groups excluding carboxylic acids is 1. The lowest BCUT2D eigenvalue weighted by atomic mass is 10.2. The van der Waals surface area contributed by atoms with E-state index in [0.29, 0.717) is 37.7 Å². The van der Waals surface area contributed by atoms with Crippen LogP contribution in [0.3, 0.4) is 0 Å². The van der Waals surface area contributed by atoms with E-state index in [1.165, 1.54) is 12.1 Å². The Kier molecular flexibility index (Phi) is 6.84. The lowest BCUT2D eigenvalue weighted by Crippen LogP contribution is -2.36. The van der Waals surface area contributed by atoms with Crippen LogP contribution in [0.4, 0.5) is 11.5 Å². The Hall–Kier alpha value is -2.49. The van der Waals surface area contributed by atoms with Crippen LogP contribution < -0.4 is 10.2 Å². The summed E-state index contributed by atoms with van der Waals surface area (Å²) in [4.78, 5) is 19.3. The number of ether oxygens (including phenoxy) is 1. The number of hydrogen-bond acceptors (Lipinski definition) is 6. The van der Waals surface area contributed by atoms with Gasteiger partial charge in [-0.05, 0) is 49.2 Å². The second-order valence-electron chi connectivity index (χ2n) is 7.80. The van der Waals surface area contributed by atoms with Gasteiger partial charge in [-0.3, -0.25) is 4.79 Å². The maximum Gasteiger partial charge on any atom is 0.256 e. The van der Waals surface area contributed by atoms with E-state index in [0.717, 1.165) is 44.5 Å². The smallest absolute Gasteiger partial charge is 0.256 e. The minimum absolute atomic E-state index is 0.221. The van der Waals surface area contributed by atoms with Crippen molar-refractivity contribution in [3.63, 3.8) is 0 Å². The number of carbonyl (C=O) groups is 1. The molecular formula is C22H28N4O4S. The van der Waals surface area contributed by atoms with Gasteiger partial charge in [0.15, 0.2) is 0 Å². The summed E-state index contributed by atoms with van der Waals surface area (Å²) >= 11 is 0. The summed E-state index contributed by atoms with van der Waals surface area (Å²) in [5.74, 6) is 0.119. The van der Waals surface area contributed by atoms with Crippen LogP contribution in [-0.2, 0) is 14.8 Å². The Bertz CT molecular complexity index is 979. The van der Waals surface area contributed by atoms with Crippen LogP contribution in [0.1, 0.15) is 36.0 Å². The van der Waals surface area contributed by atoms with Gasteiger partial charge in [-0.1, -0.05) is 12.8 Å². The third-order valence-electron chi connectivity index (χ3n) is 5.69. The quantitative estimate of drug-likeness (QED) is 0.763. The Morgan fingerprint density at radius 1 is 0.903 bits per heavy atom. The maximum atomic E-state index is 12.9. The van der Waals surface area contributed by atoms with Crippen LogP contribution in [-0.4, -0.2) is 63.0 Å². The van der Waals surface area contributed by atoms with E-state index in [4.69, 9.17) is 4.74 Å².